The second kappa shape index (κ2) is 7.02. The van der Waals surface area contributed by atoms with Crippen LogP contribution in [0.4, 0.5) is 32.0 Å². The van der Waals surface area contributed by atoms with Crippen LogP contribution in [0.5, 0.6) is 0 Å². The van der Waals surface area contributed by atoms with Gasteiger partial charge in [-0.1, -0.05) is 18.2 Å². The van der Waals surface area contributed by atoms with Gasteiger partial charge in [0.25, 0.3) is 5.91 Å². The van der Waals surface area contributed by atoms with Crippen LogP contribution < -0.4 is 5.32 Å². The second-order valence-electron chi connectivity index (χ2n) is 5.82. The number of anilines is 1. The molecular weight excluding hydrogens is 388 g/mol. The van der Waals surface area contributed by atoms with Gasteiger partial charge in [0.15, 0.2) is 23.1 Å². The molecule has 0 aliphatic rings. The van der Waals surface area contributed by atoms with Crippen LogP contribution in [0.15, 0.2) is 42.6 Å². The Balaban J connectivity index is 2.01. The molecule has 0 radical (unpaired) electrons. The summed E-state index contributed by atoms with van der Waals surface area (Å²) in [6, 6.07) is 7.08. The quantitative estimate of drug-likeness (QED) is 0.509. The van der Waals surface area contributed by atoms with Crippen LogP contribution in [0, 0.1) is 17.5 Å². The number of alkyl halides is 3. The van der Waals surface area contributed by atoms with E-state index in [2.05, 4.69) is 10.4 Å². The molecular formula is C18H11F6N3O. The number of nitrogens with zero attached hydrogens (tertiary/aromatic N) is 2. The Morgan fingerprint density at radius 3 is 2.29 bits per heavy atom. The van der Waals surface area contributed by atoms with E-state index in [4.69, 9.17) is 0 Å². The molecule has 1 heterocycles. The van der Waals surface area contributed by atoms with Crippen molar-refractivity contribution < 1.29 is 31.1 Å². The van der Waals surface area contributed by atoms with Crippen molar-refractivity contribution in [2.75, 3.05) is 5.32 Å². The standard InChI is InChI=1S/C18H11F6N3O/c1-27-8-11(16(26-27)18(22,23)24)17(28)25-14-5-3-2-4-10(14)9-6-12(19)15(21)13(20)7-9/h2-8H,1H3,(H,25,28). The number of halogens is 6. The van der Waals surface area contributed by atoms with Crippen LogP contribution in [-0.4, -0.2) is 15.7 Å². The summed E-state index contributed by atoms with van der Waals surface area (Å²) in [5.41, 5.74) is -2.12. The summed E-state index contributed by atoms with van der Waals surface area (Å²) in [7, 11) is 1.23. The maximum absolute atomic E-state index is 13.5. The van der Waals surface area contributed by atoms with Crippen LogP contribution in [0.25, 0.3) is 11.1 Å². The largest absolute Gasteiger partial charge is 0.435 e. The Morgan fingerprint density at radius 2 is 1.68 bits per heavy atom. The fraction of sp³-hybridized carbons (Fsp3) is 0.111. The molecule has 28 heavy (non-hydrogen) atoms. The van der Waals surface area contributed by atoms with Gasteiger partial charge in [-0.15, -0.1) is 0 Å². The molecule has 1 N–H and O–H groups in total. The third-order valence-corrected chi connectivity index (χ3v) is 3.81. The molecule has 3 rings (SSSR count). The lowest BCUT2D eigenvalue weighted by Gasteiger charge is -2.12. The summed E-state index contributed by atoms with van der Waals surface area (Å²) < 4.78 is 80.3. The fourth-order valence-electron chi connectivity index (χ4n) is 2.61. The predicted octanol–water partition coefficient (Wildman–Crippen LogP) is 4.78. The normalized spacial score (nSPS) is 11.5. The van der Waals surface area contributed by atoms with Crippen LogP contribution in [-0.2, 0) is 13.2 Å². The number of carbonyl (C=O) groups is 1. The van der Waals surface area contributed by atoms with E-state index in [-0.39, 0.29) is 16.8 Å². The number of amides is 1. The highest BCUT2D eigenvalue weighted by molar-refractivity contribution is 6.07. The maximum atomic E-state index is 13.5. The first-order valence-electron chi connectivity index (χ1n) is 7.74. The average Bonchev–Trinajstić information content (AvgIpc) is 3.02. The van der Waals surface area contributed by atoms with Gasteiger partial charge in [0.05, 0.1) is 5.56 Å². The lowest BCUT2D eigenvalue weighted by atomic mass is 10.0. The monoisotopic (exact) mass is 399 g/mol. The number of hydrogen-bond acceptors (Lipinski definition) is 2. The van der Waals surface area contributed by atoms with Gasteiger partial charge < -0.3 is 5.32 Å². The molecule has 1 amide bonds. The molecule has 146 valence electrons. The summed E-state index contributed by atoms with van der Waals surface area (Å²) in [5, 5.41) is 5.52. The fourth-order valence-corrected chi connectivity index (χ4v) is 2.61. The first kappa shape index (κ1) is 19.5. The Hall–Kier alpha value is -3.30. The van der Waals surface area contributed by atoms with Crippen molar-refractivity contribution in [2.24, 2.45) is 7.05 Å². The Kier molecular flexibility index (Phi) is 4.88. The van der Waals surface area contributed by atoms with Gasteiger partial charge in [0.2, 0.25) is 0 Å². The molecule has 0 aliphatic carbocycles. The highest BCUT2D eigenvalue weighted by Crippen LogP contribution is 2.33. The molecule has 4 nitrogen and oxygen atoms in total. The molecule has 0 fully saturated rings. The Labute approximate surface area is 154 Å². The summed E-state index contributed by atoms with van der Waals surface area (Å²) >= 11 is 0. The van der Waals surface area contributed by atoms with Gasteiger partial charge in [-0.3, -0.25) is 9.48 Å². The van der Waals surface area contributed by atoms with Crippen molar-refractivity contribution in [1.82, 2.24) is 9.78 Å². The smallest absolute Gasteiger partial charge is 0.321 e. The summed E-state index contributed by atoms with van der Waals surface area (Å²) in [5.74, 6) is -5.66. The van der Waals surface area contributed by atoms with Crippen LogP contribution in [0.2, 0.25) is 0 Å². The van der Waals surface area contributed by atoms with E-state index in [9.17, 15) is 31.1 Å². The van der Waals surface area contributed by atoms with Gasteiger partial charge in [0, 0.05) is 24.5 Å². The third kappa shape index (κ3) is 3.71. The third-order valence-electron chi connectivity index (χ3n) is 3.81. The maximum Gasteiger partial charge on any atom is 0.435 e. The van der Waals surface area contributed by atoms with Crippen molar-refractivity contribution in [3.8, 4) is 11.1 Å². The van der Waals surface area contributed by atoms with E-state index in [1.54, 1.807) is 0 Å². The van der Waals surface area contributed by atoms with Gasteiger partial charge >= 0.3 is 6.18 Å². The number of para-hydroxylation sites is 1. The predicted molar refractivity (Wildman–Crippen MR) is 87.9 cm³/mol. The van der Waals surface area contributed by atoms with E-state index in [1.807, 2.05) is 0 Å². The van der Waals surface area contributed by atoms with E-state index < -0.39 is 40.8 Å². The van der Waals surface area contributed by atoms with Gasteiger partial charge in [-0.25, -0.2) is 13.2 Å². The minimum absolute atomic E-state index is 0.0186. The van der Waals surface area contributed by atoms with E-state index in [1.165, 1.54) is 31.3 Å². The summed E-state index contributed by atoms with van der Waals surface area (Å²) in [6.45, 7) is 0. The summed E-state index contributed by atoms with van der Waals surface area (Å²) in [4.78, 5) is 12.4. The second-order valence-corrected chi connectivity index (χ2v) is 5.82. The van der Waals surface area contributed by atoms with Crippen LogP contribution in [0.1, 0.15) is 16.1 Å². The molecule has 10 heteroatoms. The molecule has 0 spiro atoms. The van der Waals surface area contributed by atoms with Crippen LogP contribution in [0.3, 0.4) is 0 Å². The molecule has 1 aromatic heterocycles. The summed E-state index contributed by atoms with van der Waals surface area (Å²) in [6.07, 6.45) is -3.95. The average molecular weight is 399 g/mol. The van der Waals surface area contributed by atoms with Crippen molar-refractivity contribution in [3.63, 3.8) is 0 Å². The van der Waals surface area contributed by atoms with Crippen molar-refractivity contribution in [2.45, 2.75) is 6.18 Å². The Morgan fingerprint density at radius 1 is 1.07 bits per heavy atom. The van der Waals surface area contributed by atoms with Crippen molar-refractivity contribution >= 4 is 11.6 Å². The zero-order valence-electron chi connectivity index (χ0n) is 14.1. The van der Waals surface area contributed by atoms with Crippen molar-refractivity contribution in [3.05, 3.63) is 71.3 Å². The highest BCUT2D eigenvalue weighted by Gasteiger charge is 2.39. The number of hydrogen-bond donors (Lipinski definition) is 1. The minimum Gasteiger partial charge on any atom is -0.321 e. The molecule has 0 atom stereocenters. The van der Waals surface area contributed by atoms with Gasteiger partial charge in [0.1, 0.15) is 0 Å². The van der Waals surface area contributed by atoms with Gasteiger partial charge in [-0.2, -0.15) is 18.3 Å². The number of rotatable bonds is 3. The van der Waals surface area contributed by atoms with Crippen LogP contribution >= 0.6 is 0 Å². The molecule has 0 saturated heterocycles. The number of aromatic nitrogens is 2. The topological polar surface area (TPSA) is 46.9 Å². The first-order valence-corrected chi connectivity index (χ1v) is 7.74. The highest BCUT2D eigenvalue weighted by atomic mass is 19.4. The number of nitrogens with one attached hydrogen (secondary N) is 1. The molecule has 2 aromatic carbocycles. The lowest BCUT2D eigenvalue weighted by molar-refractivity contribution is -0.141. The van der Waals surface area contributed by atoms with Gasteiger partial charge in [-0.05, 0) is 23.8 Å². The SMILES string of the molecule is Cn1cc(C(=O)Nc2ccccc2-c2cc(F)c(F)c(F)c2)c(C(F)(F)F)n1. The molecule has 3 aromatic rings. The van der Waals surface area contributed by atoms with E-state index in [0.717, 1.165) is 10.9 Å². The van der Waals surface area contributed by atoms with Crippen molar-refractivity contribution in [1.29, 1.82) is 0 Å². The molecule has 0 unspecified atom stereocenters. The minimum atomic E-state index is -4.85. The zero-order chi connectivity index (χ0) is 20.6. The molecule has 0 aliphatic heterocycles. The number of carbonyl (C=O) groups excluding carboxylic acids is 1. The first-order chi connectivity index (χ1) is 13.1. The molecule has 0 saturated carbocycles. The van der Waals surface area contributed by atoms with E-state index >= 15 is 0 Å². The number of aryl methyl sites for hydroxylation is 1. The van der Waals surface area contributed by atoms with E-state index in [0.29, 0.717) is 12.1 Å². The number of benzene rings is 2. The Bertz CT molecular complexity index is 1030. The lowest BCUT2D eigenvalue weighted by Crippen LogP contribution is -2.18. The molecule has 0 bridgehead atoms. The zero-order valence-corrected chi connectivity index (χ0v) is 14.1.